The van der Waals surface area contributed by atoms with E-state index in [4.69, 9.17) is 5.73 Å². The Bertz CT molecular complexity index is 1160. The molecule has 1 aromatic heterocycles. The fourth-order valence-electron chi connectivity index (χ4n) is 4.36. The molecule has 2 aliphatic rings. The first-order valence-corrected chi connectivity index (χ1v) is 10.7. The number of amides is 2. The maximum atomic E-state index is 14.2. The van der Waals surface area contributed by atoms with Crippen molar-refractivity contribution in [2.75, 3.05) is 18.4 Å². The highest BCUT2D eigenvalue weighted by atomic mass is 19.4. The Morgan fingerprint density at radius 2 is 1.88 bits per heavy atom. The lowest BCUT2D eigenvalue weighted by Crippen LogP contribution is -2.53. The number of nitrogens with one attached hydrogen (secondary N) is 2. The number of halogens is 4. The van der Waals surface area contributed by atoms with Crippen LogP contribution in [0.5, 0.6) is 0 Å². The minimum absolute atomic E-state index is 0.115. The van der Waals surface area contributed by atoms with Gasteiger partial charge in [-0.05, 0) is 37.1 Å². The summed E-state index contributed by atoms with van der Waals surface area (Å²) < 4.78 is 56.2. The second-order valence-corrected chi connectivity index (χ2v) is 8.51. The Hall–Kier alpha value is -3.14. The van der Waals surface area contributed by atoms with Gasteiger partial charge in [-0.2, -0.15) is 13.2 Å². The van der Waals surface area contributed by atoms with Crippen molar-refractivity contribution >= 4 is 29.2 Å². The summed E-state index contributed by atoms with van der Waals surface area (Å²) in [6.07, 6.45) is -2.49. The topological polar surface area (TPSA) is 91.2 Å². The van der Waals surface area contributed by atoms with Crippen LogP contribution in [0.2, 0.25) is 0 Å². The maximum absolute atomic E-state index is 14.2. The van der Waals surface area contributed by atoms with Crippen LogP contribution in [0.3, 0.4) is 0 Å². The van der Waals surface area contributed by atoms with Gasteiger partial charge in [-0.1, -0.05) is 13.8 Å². The summed E-state index contributed by atoms with van der Waals surface area (Å²) >= 11 is 0. The van der Waals surface area contributed by atoms with Crippen LogP contribution in [0.4, 0.5) is 23.2 Å². The Morgan fingerprint density at radius 1 is 1.18 bits per heavy atom. The molecule has 33 heavy (non-hydrogen) atoms. The van der Waals surface area contributed by atoms with Crippen LogP contribution in [-0.2, 0) is 17.4 Å². The van der Waals surface area contributed by atoms with Crippen LogP contribution in [0, 0.1) is 5.82 Å². The number of alkyl halides is 3. The molecular formula is C23H24F4N4O2. The van der Waals surface area contributed by atoms with Crippen LogP contribution < -0.4 is 11.1 Å². The van der Waals surface area contributed by atoms with Crippen LogP contribution in [-0.4, -0.2) is 40.3 Å². The van der Waals surface area contributed by atoms with Crippen LogP contribution in [0.15, 0.2) is 18.2 Å². The van der Waals surface area contributed by atoms with E-state index in [2.05, 4.69) is 10.3 Å². The van der Waals surface area contributed by atoms with E-state index in [0.717, 1.165) is 18.2 Å². The first-order chi connectivity index (χ1) is 15.5. The molecule has 0 aliphatic carbocycles. The number of nitrogens with two attached hydrogens (primary N) is 1. The predicted octanol–water partition coefficient (Wildman–Crippen LogP) is 4.18. The Labute approximate surface area is 187 Å². The van der Waals surface area contributed by atoms with Gasteiger partial charge in [-0.3, -0.25) is 9.59 Å². The molecule has 0 saturated heterocycles. The standard InChI is InChI=1S/C23H24F4N4O2/c1-3-22(28,4-2)11-31-8-7-16-18(21(31)33)19(23(25,26)27)17(29-16)10-14-13-9-12(24)5-6-15(13)30-20(14)32/h5-6,9-10,29H,3-4,7-8,11,28H2,1-2H3,(H,30,32). The number of carbonyl (C=O) groups is 2. The summed E-state index contributed by atoms with van der Waals surface area (Å²) in [5, 5.41) is 2.51. The van der Waals surface area contributed by atoms with Gasteiger partial charge in [0, 0.05) is 42.0 Å². The zero-order valence-electron chi connectivity index (χ0n) is 18.2. The molecule has 3 heterocycles. The molecular weight excluding hydrogens is 440 g/mol. The van der Waals surface area contributed by atoms with E-state index in [-0.39, 0.29) is 36.3 Å². The third kappa shape index (κ3) is 4.03. The van der Waals surface area contributed by atoms with Gasteiger partial charge in [0.25, 0.3) is 11.8 Å². The van der Waals surface area contributed by atoms with Gasteiger partial charge in [-0.15, -0.1) is 0 Å². The van der Waals surface area contributed by atoms with Crippen LogP contribution in [0.25, 0.3) is 11.6 Å². The van der Waals surface area contributed by atoms with Gasteiger partial charge >= 0.3 is 6.18 Å². The molecule has 0 unspecified atom stereocenters. The van der Waals surface area contributed by atoms with E-state index < -0.39 is 46.2 Å². The molecule has 2 aromatic rings. The van der Waals surface area contributed by atoms with Gasteiger partial charge in [0.2, 0.25) is 0 Å². The van der Waals surface area contributed by atoms with E-state index in [1.165, 1.54) is 11.0 Å². The number of H-pyrrole nitrogens is 1. The van der Waals surface area contributed by atoms with E-state index in [0.29, 0.717) is 18.5 Å². The normalized spacial score (nSPS) is 17.4. The monoisotopic (exact) mass is 464 g/mol. The number of hydrogen-bond donors (Lipinski definition) is 3. The number of carbonyl (C=O) groups excluding carboxylic acids is 2. The third-order valence-electron chi connectivity index (χ3n) is 6.49. The highest BCUT2D eigenvalue weighted by Gasteiger charge is 2.44. The summed E-state index contributed by atoms with van der Waals surface area (Å²) in [7, 11) is 0. The smallest absolute Gasteiger partial charge is 0.358 e. The van der Waals surface area contributed by atoms with Crippen molar-refractivity contribution in [1.29, 1.82) is 0 Å². The first-order valence-electron chi connectivity index (χ1n) is 10.7. The Kier molecular flexibility index (Phi) is 5.60. The quantitative estimate of drug-likeness (QED) is 0.458. The molecule has 2 aliphatic heterocycles. The number of anilines is 1. The molecule has 0 atom stereocenters. The van der Waals surface area contributed by atoms with Gasteiger partial charge in [-0.25, -0.2) is 4.39 Å². The second-order valence-electron chi connectivity index (χ2n) is 8.51. The van der Waals surface area contributed by atoms with Crippen molar-refractivity contribution in [3.8, 4) is 0 Å². The number of fused-ring (bicyclic) bond motifs is 2. The van der Waals surface area contributed by atoms with Gasteiger partial charge < -0.3 is 20.9 Å². The first kappa shape index (κ1) is 23.0. The fraction of sp³-hybridized carbons (Fsp3) is 0.391. The van der Waals surface area contributed by atoms with Crippen LogP contribution in [0.1, 0.15) is 59.6 Å². The summed E-state index contributed by atoms with van der Waals surface area (Å²) in [4.78, 5) is 29.6. The largest absolute Gasteiger partial charge is 0.419 e. The van der Waals surface area contributed by atoms with Gasteiger partial charge in [0.15, 0.2) is 0 Å². The molecule has 0 spiro atoms. The molecule has 0 radical (unpaired) electrons. The SMILES string of the molecule is CCC(N)(CC)CN1CCc2[nH]c(C=C3C(=O)Nc4ccc(F)cc43)c(C(F)(F)F)c2C1=O. The number of benzene rings is 1. The second kappa shape index (κ2) is 8.02. The number of hydrogen-bond acceptors (Lipinski definition) is 3. The summed E-state index contributed by atoms with van der Waals surface area (Å²) in [5.41, 5.74) is 4.13. The van der Waals surface area contributed by atoms with E-state index in [1.54, 1.807) is 0 Å². The third-order valence-corrected chi connectivity index (χ3v) is 6.49. The summed E-state index contributed by atoms with van der Waals surface area (Å²) in [5.74, 6) is -2.02. The Balaban J connectivity index is 1.81. The molecule has 10 heteroatoms. The average Bonchev–Trinajstić information content (AvgIpc) is 3.28. The van der Waals surface area contributed by atoms with Crippen molar-refractivity contribution in [3.63, 3.8) is 0 Å². The van der Waals surface area contributed by atoms with Crippen molar-refractivity contribution in [3.05, 3.63) is 52.1 Å². The van der Waals surface area contributed by atoms with E-state index >= 15 is 0 Å². The van der Waals surface area contributed by atoms with Crippen molar-refractivity contribution in [1.82, 2.24) is 9.88 Å². The van der Waals surface area contributed by atoms with Gasteiger partial charge in [0.1, 0.15) is 5.82 Å². The molecule has 4 N–H and O–H groups in total. The number of rotatable bonds is 5. The van der Waals surface area contributed by atoms with E-state index in [9.17, 15) is 27.2 Å². The molecule has 4 rings (SSSR count). The maximum Gasteiger partial charge on any atom is 0.419 e. The highest BCUT2D eigenvalue weighted by molar-refractivity contribution is 6.35. The van der Waals surface area contributed by atoms with Crippen molar-refractivity contribution in [2.45, 2.75) is 44.8 Å². The fourth-order valence-corrected chi connectivity index (χ4v) is 4.36. The number of aromatic amines is 1. The highest BCUT2D eigenvalue weighted by Crippen LogP contribution is 2.41. The molecule has 0 saturated carbocycles. The van der Waals surface area contributed by atoms with E-state index in [1.807, 2.05) is 13.8 Å². The summed E-state index contributed by atoms with van der Waals surface area (Å²) in [6.45, 7) is 4.12. The minimum atomic E-state index is -4.86. The lowest BCUT2D eigenvalue weighted by molar-refractivity contribution is -0.138. The lowest BCUT2D eigenvalue weighted by Gasteiger charge is -2.36. The van der Waals surface area contributed by atoms with Gasteiger partial charge in [0.05, 0.1) is 22.4 Å². The minimum Gasteiger partial charge on any atom is -0.358 e. The average molecular weight is 464 g/mol. The Morgan fingerprint density at radius 3 is 2.52 bits per heavy atom. The molecule has 176 valence electrons. The number of nitrogens with zero attached hydrogens (tertiary/aromatic N) is 1. The molecule has 1 aromatic carbocycles. The zero-order valence-corrected chi connectivity index (χ0v) is 18.2. The predicted molar refractivity (Wildman–Crippen MR) is 116 cm³/mol. The van der Waals surface area contributed by atoms with Crippen molar-refractivity contribution < 1.29 is 27.2 Å². The zero-order chi connectivity index (χ0) is 24.1. The lowest BCUT2D eigenvalue weighted by atomic mass is 9.91. The molecule has 0 fully saturated rings. The molecule has 0 bridgehead atoms. The number of aromatic nitrogens is 1. The van der Waals surface area contributed by atoms with Crippen LogP contribution >= 0.6 is 0 Å². The van der Waals surface area contributed by atoms with Crippen molar-refractivity contribution in [2.24, 2.45) is 5.73 Å². The molecule has 6 nitrogen and oxygen atoms in total. The molecule has 2 amide bonds. The summed E-state index contributed by atoms with van der Waals surface area (Å²) in [6, 6.07) is 3.57.